The Morgan fingerprint density at radius 3 is 2.49 bits per heavy atom. The number of hydrogen-bond donors (Lipinski definition) is 1. The average Bonchev–Trinajstić information content (AvgIpc) is 3.09. The van der Waals surface area contributed by atoms with Gasteiger partial charge in [-0.1, -0.05) is 37.6 Å². The van der Waals surface area contributed by atoms with E-state index in [1.807, 2.05) is 24.3 Å². The molecule has 1 aliphatic heterocycles. The van der Waals surface area contributed by atoms with Gasteiger partial charge in [0.05, 0.1) is 18.2 Å². The molecule has 1 unspecified atom stereocenters. The average molecular weight is 491 g/mol. The van der Waals surface area contributed by atoms with Crippen molar-refractivity contribution in [1.29, 1.82) is 0 Å². The summed E-state index contributed by atoms with van der Waals surface area (Å²) in [5.41, 5.74) is 1.94. The molecule has 0 aliphatic carbocycles. The molecule has 2 heterocycles. The molecule has 7 heteroatoms. The third kappa shape index (κ3) is 5.54. The summed E-state index contributed by atoms with van der Waals surface area (Å²) in [6.45, 7) is 5.00. The summed E-state index contributed by atoms with van der Waals surface area (Å²) in [6.07, 6.45) is 4.18. The number of carbonyl (C=O) groups excluding carboxylic acids is 2. The second-order valence-electron chi connectivity index (χ2n) is 8.89. The fourth-order valence-corrected chi connectivity index (χ4v) is 4.15. The molecule has 1 N–H and O–H groups in total. The second kappa shape index (κ2) is 10.7. The lowest BCUT2D eigenvalue weighted by molar-refractivity contribution is -0.140. The zero-order valence-electron chi connectivity index (χ0n) is 19.6. The van der Waals surface area contributed by atoms with Gasteiger partial charge in [0.25, 0.3) is 11.7 Å². The highest BCUT2D eigenvalue weighted by molar-refractivity contribution is 6.46. The summed E-state index contributed by atoms with van der Waals surface area (Å²) in [5, 5.41) is 11.7. The first-order valence-electron chi connectivity index (χ1n) is 11.5. The van der Waals surface area contributed by atoms with E-state index in [1.165, 1.54) is 4.90 Å². The largest absolute Gasteiger partial charge is 0.507 e. The van der Waals surface area contributed by atoms with Crippen molar-refractivity contribution >= 4 is 29.1 Å². The van der Waals surface area contributed by atoms with E-state index >= 15 is 0 Å². The summed E-state index contributed by atoms with van der Waals surface area (Å²) < 4.78 is 5.93. The zero-order chi connectivity index (χ0) is 24.9. The van der Waals surface area contributed by atoms with E-state index in [0.717, 1.165) is 12.0 Å². The molecule has 0 spiro atoms. The molecular formula is C28H27ClN2O4. The molecule has 0 saturated carbocycles. The monoisotopic (exact) mass is 490 g/mol. The fraction of sp³-hybridized carbons (Fsp3) is 0.250. The molecule has 1 fully saturated rings. The molecule has 2 aromatic carbocycles. The number of hydrogen-bond acceptors (Lipinski definition) is 5. The number of ether oxygens (including phenoxy) is 1. The van der Waals surface area contributed by atoms with E-state index in [2.05, 4.69) is 18.8 Å². The Balaban J connectivity index is 1.78. The summed E-state index contributed by atoms with van der Waals surface area (Å²) >= 11 is 6.00. The molecule has 1 aliphatic rings. The zero-order valence-corrected chi connectivity index (χ0v) is 20.4. The van der Waals surface area contributed by atoms with Gasteiger partial charge in [0, 0.05) is 29.5 Å². The Kier molecular flexibility index (Phi) is 7.51. The number of pyridine rings is 1. The first kappa shape index (κ1) is 24.5. The minimum absolute atomic E-state index is 0.0331. The first-order valence-corrected chi connectivity index (χ1v) is 11.9. The van der Waals surface area contributed by atoms with Gasteiger partial charge < -0.3 is 14.7 Å². The molecule has 1 aromatic heterocycles. The topological polar surface area (TPSA) is 79.7 Å². The van der Waals surface area contributed by atoms with E-state index in [1.54, 1.807) is 48.8 Å². The first-order chi connectivity index (χ1) is 16.8. The number of Topliss-reactive ketones (excluding diaryl/α,β-unsaturated/α-hetero) is 1. The number of halogens is 1. The summed E-state index contributed by atoms with van der Waals surface area (Å²) in [6, 6.07) is 16.6. The van der Waals surface area contributed by atoms with Crippen LogP contribution in [-0.4, -0.2) is 33.3 Å². The molecule has 1 saturated heterocycles. The summed E-state index contributed by atoms with van der Waals surface area (Å²) in [5.74, 6) is -0.501. The number of likely N-dealkylation sites (tertiary alicyclic amines) is 1. The van der Waals surface area contributed by atoms with Crippen molar-refractivity contribution in [3.8, 4) is 5.75 Å². The van der Waals surface area contributed by atoms with Crippen LogP contribution in [0.2, 0.25) is 5.02 Å². The van der Waals surface area contributed by atoms with Crippen LogP contribution in [0.3, 0.4) is 0 Å². The highest BCUT2D eigenvalue weighted by Crippen LogP contribution is 2.41. The van der Waals surface area contributed by atoms with E-state index < -0.39 is 17.7 Å². The van der Waals surface area contributed by atoms with Crippen LogP contribution in [0.25, 0.3) is 5.76 Å². The van der Waals surface area contributed by atoms with Gasteiger partial charge in [-0.3, -0.25) is 14.6 Å². The third-order valence-electron chi connectivity index (χ3n) is 5.90. The number of benzene rings is 2. The van der Waals surface area contributed by atoms with E-state index in [9.17, 15) is 14.7 Å². The lowest BCUT2D eigenvalue weighted by Crippen LogP contribution is -2.29. The Labute approximate surface area is 209 Å². The van der Waals surface area contributed by atoms with Crippen LogP contribution in [0.15, 0.2) is 78.6 Å². The Morgan fingerprint density at radius 1 is 1.09 bits per heavy atom. The standard InChI is InChI=1S/C28H27ClN2O4/c1-18(2)12-15-35-23-5-3-4-21(16-23)25-24(26(32)20-6-8-22(29)9-7-20)27(33)28(34)31(25)17-19-10-13-30-14-11-19/h3-11,13-14,16,18,25,32H,12,15,17H2,1-2H3. The van der Waals surface area contributed by atoms with E-state index in [0.29, 0.717) is 34.4 Å². The Bertz CT molecular complexity index is 1240. The second-order valence-corrected chi connectivity index (χ2v) is 9.33. The van der Waals surface area contributed by atoms with Gasteiger partial charge in [0.1, 0.15) is 11.5 Å². The fourth-order valence-electron chi connectivity index (χ4n) is 4.02. The molecule has 180 valence electrons. The minimum Gasteiger partial charge on any atom is -0.507 e. The van der Waals surface area contributed by atoms with Crippen molar-refractivity contribution in [2.45, 2.75) is 32.9 Å². The highest BCUT2D eigenvalue weighted by Gasteiger charge is 2.46. The molecule has 6 nitrogen and oxygen atoms in total. The van der Waals surface area contributed by atoms with Crippen molar-refractivity contribution in [2.75, 3.05) is 6.61 Å². The van der Waals surface area contributed by atoms with Crippen molar-refractivity contribution in [2.24, 2.45) is 5.92 Å². The summed E-state index contributed by atoms with van der Waals surface area (Å²) in [4.78, 5) is 31.9. The smallest absolute Gasteiger partial charge is 0.295 e. The van der Waals surface area contributed by atoms with Crippen molar-refractivity contribution in [3.05, 3.63) is 100 Å². The molecule has 35 heavy (non-hydrogen) atoms. The van der Waals surface area contributed by atoms with Gasteiger partial charge in [-0.05, 0) is 72.0 Å². The van der Waals surface area contributed by atoms with Crippen molar-refractivity contribution in [1.82, 2.24) is 9.88 Å². The van der Waals surface area contributed by atoms with Gasteiger partial charge in [-0.2, -0.15) is 0 Å². The van der Waals surface area contributed by atoms with Crippen molar-refractivity contribution < 1.29 is 19.4 Å². The van der Waals surface area contributed by atoms with Crippen LogP contribution < -0.4 is 4.74 Å². The lowest BCUT2D eigenvalue weighted by atomic mass is 9.95. The predicted molar refractivity (Wildman–Crippen MR) is 135 cm³/mol. The number of nitrogens with zero attached hydrogens (tertiary/aromatic N) is 2. The number of ketones is 1. The highest BCUT2D eigenvalue weighted by atomic mass is 35.5. The molecule has 0 bridgehead atoms. The quantitative estimate of drug-likeness (QED) is 0.246. The van der Waals surface area contributed by atoms with E-state index in [4.69, 9.17) is 16.3 Å². The number of carbonyl (C=O) groups is 2. The van der Waals surface area contributed by atoms with Crippen LogP contribution >= 0.6 is 11.6 Å². The molecule has 1 amide bonds. The lowest BCUT2D eigenvalue weighted by Gasteiger charge is -2.26. The van der Waals surface area contributed by atoms with Crippen LogP contribution in [0.5, 0.6) is 5.75 Å². The Morgan fingerprint density at radius 2 is 1.80 bits per heavy atom. The Hall–Kier alpha value is -3.64. The third-order valence-corrected chi connectivity index (χ3v) is 6.15. The number of aliphatic hydroxyl groups is 1. The molecule has 1 atom stereocenters. The van der Waals surface area contributed by atoms with Gasteiger partial charge >= 0.3 is 0 Å². The SMILES string of the molecule is CC(C)CCOc1cccc(C2C(=C(O)c3ccc(Cl)cc3)C(=O)C(=O)N2Cc2ccncc2)c1. The maximum atomic E-state index is 13.2. The number of aromatic nitrogens is 1. The van der Waals surface area contributed by atoms with Gasteiger partial charge in [0.15, 0.2) is 0 Å². The van der Waals surface area contributed by atoms with Gasteiger partial charge in [0.2, 0.25) is 0 Å². The van der Waals surface area contributed by atoms with E-state index in [-0.39, 0.29) is 17.9 Å². The van der Waals surface area contributed by atoms with Crippen molar-refractivity contribution in [3.63, 3.8) is 0 Å². The number of amides is 1. The van der Waals surface area contributed by atoms with Crippen LogP contribution in [0, 0.1) is 5.92 Å². The van der Waals surface area contributed by atoms with Gasteiger partial charge in [-0.15, -0.1) is 0 Å². The predicted octanol–water partition coefficient (Wildman–Crippen LogP) is 5.78. The van der Waals surface area contributed by atoms with Crippen LogP contribution in [0.4, 0.5) is 0 Å². The molecule has 0 radical (unpaired) electrons. The number of aliphatic hydroxyl groups excluding tert-OH is 1. The molecular weight excluding hydrogens is 464 g/mol. The molecule has 4 rings (SSSR count). The maximum Gasteiger partial charge on any atom is 0.295 e. The van der Waals surface area contributed by atoms with Crippen LogP contribution in [-0.2, 0) is 16.1 Å². The maximum absolute atomic E-state index is 13.2. The number of rotatable bonds is 8. The summed E-state index contributed by atoms with van der Waals surface area (Å²) in [7, 11) is 0. The molecule has 3 aromatic rings. The minimum atomic E-state index is -0.785. The normalized spacial score (nSPS) is 17.3. The van der Waals surface area contributed by atoms with Crippen LogP contribution in [0.1, 0.15) is 43.0 Å². The van der Waals surface area contributed by atoms with Gasteiger partial charge in [-0.25, -0.2) is 0 Å².